The molecule has 2 aromatic rings. The molecule has 0 radical (unpaired) electrons. The molecule has 1 aliphatic heterocycles. The first-order chi connectivity index (χ1) is 11.3. The Kier molecular flexibility index (Phi) is 9.52. The van der Waals surface area contributed by atoms with Gasteiger partial charge in [0.15, 0.2) is 0 Å². The highest BCUT2D eigenvalue weighted by Crippen LogP contribution is 2.06. The molecule has 1 saturated heterocycles. The van der Waals surface area contributed by atoms with Crippen molar-refractivity contribution in [3.05, 3.63) is 54.1 Å². The molecule has 1 aromatic carbocycles. The minimum Gasteiger partial charge on any atom is -0.351 e. The van der Waals surface area contributed by atoms with E-state index in [4.69, 9.17) is 0 Å². The van der Waals surface area contributed by atoms with Gasteiger partial charge in [-0.3, -0.25) is 9.69 Å². The molecule has 0 aliphatic carbocycles. The second-order valence-corrected chi connectivity index (χ2v) is 5.78. The van der Waals surface area contributed by atoms with Crippen molar-refractivity contribution in [1.82, 2.24) is 25.1 Å². The Bertz CT molecular complexity index is 612. The first kappa shape index (κ1) is 21.4. The first-order valence-corrected chi connectivity index (χ1v) is 8.07. The maximum absolute atomic E-state index is 12.2. The van der Waals surface area contributed by atoms with Gasteiger partial charge in [-0.1, -0.05) is 12.1 Å². The predicted molar refractivity (Wildman–Crippen MR) is 104 cm³/mol. The van der Waals surface area contributed by atoms with Gasteiger partial charge < -0.3 is 15.2 Å². The van der Waals surface area contributed by atoms with E-state index in [0.29, 0.717) is 12.1 Å². The van der Waals surface area contributed by atoms with Crippen LogP contribution in [0.4, 0.5) is 0 Å². The lowest BCUT2D eigenvalue weighted by molar-refractivity contribution is 0.0947. The van der Waals surface area contributed by atoms with Gasteiger partial charge in [0.2, 0.25) is 0 Å². The molecule has 8 heteroatoms. The van der Waals surface area contributed by atoms with E-state index < -0.39 is 0 Å². The summed E-state index contributed by atoms with van der Waals surface area (Å²) in [4.78, 5) is 18.6. The van der Waals surface area contributed by atoms with Crippen LogP contribution in [0.1, 0.15) is 15.9 Å². The summed E-state index contributed by atoms with van der Waals surface area (Å²) in [6.45, 7) is 6.54. The summed E-state index contributed by atoms with van der Waals surface area (Å²) < 4.78 is 2.00. The number of benzene rings is 1. The zero-order chi connectivity index (χ0) is 15.9. The van der Waals surface area contributed by atoms with E-state index in [1.54, 1.807) is 12.5 Å². The average molecular weight is 386 g/mol. The van der Waals surface area contributed by atoms with Crippen LogP contribution in [0.15, 0.2) is 43.0 Å². The second kappa shape index (κ2) is 11.1. The number of carbonyl (C=O) groups excluding carboxylic acids is 1. The zero-order valence-electron chi connectivity index (χ0n) is 14.1. The van der Waals surface area contributed by atoms with Gasteiger partial charge in [-0.2, -0.15) is 0 Å². The molecule has 0 bridgehead atoms. The summed E-state index contributed by atoms with van der Waals surface area (Å²) >= 11 is 0. The number of rotatable bonds is 6. The third kappa shape index (κ3) is 6.66. The van der Waals surface area contributed by atoms with E-state index in [1.807, 2.05) is 35.0 Å². The zero-order valence-corrected chi connectivity index (χ0v) is 15.7. The number of imidazole rings is 1. The van der Waals surface area contributed by atoms with E-state index in [2.05, 4.69) is 20.5 Å². The normalized spacial score (nSPS) is 14.2. The molecule has 2 N–H and O–H groups in total. The first-order valence-electron chi connectivity index (χ1n) is 8.07. The van der Waals surface area contributed by atoms with Crippen LogP contribution in [0.25, 0.3) is 0 Å². The number of nitrogens with one attached hydrogen (secondary N) is 2. The van der Waals surface area contributed by atoms with Gasteiger partial charge in [0.25, 0.3) is 5.91 Å². The van der Waals surface area contributed by atoms with Crippen LogP contribution in [0, 0.1) is 0 Å². The molecule has 25 heavy (non-hydrogen) atoms. The van der Waals surface area contributed by atoms with Crippen molar-refractivity contribution < 1.29 is 4.79 Å². The van der Waals surface area contributed by atoms with Crippen LogP contribution in [0.5, 0.6) is 0 Å². The third-order valence-electron chi connectivity index (χ3n) is 4.06. The fourth-order valence-corrected chi connectivity index (χ4v) is 2.72. The Morgan fingerprint density at radius 3 is 2.52 bits per heavy atom. The Morgan fingerprint density at radius 2 is 1.88 bits per heavy atom. The molecule has 0 spiro atoms. The van der Waals surface area contributed by atoms with Gasteiger partial charge in [0.1, 0.15) is 0 Å². The fraction of sp³-hybridized carbons (Fsp3) is 0.412. The standard InChI is InChI=1S/C17H23N5O.2ClH/c23-17(20-8-12-21-9-5-18-6-10-21)16-3-1-15(2-4-16)13-22-11-7-19-14-22;;/h1-4,7,11,14,18H,5-6,8-10,12-13H2,(H,20,23);2*1H. The summed E-state index contributed by atoms with van der Waals surface area (Å²) in [5, 5.41) is 6.32. The quantitative estimate of drug-likeness (QED) is 0.788. The average Bonchev–Trinajstić information content (AvgIpc) is 3.09. The van der Waals surface area contributed by atoms with Crippen LogP contribution >= 0.6 is 24.8 Å². The van der Waals surface area contributed by atoms with Crippen LogP contribution in [0.2, 0.25) is 0 Å². The van der Waals surface area contributed by atoms with Crippen molar-refractivity contribution in [2.75, 3.05) is 39.3 Å². The number of nitrogens with zero attached hydrogens (tertiary/aromatic N) is 3. The summed E-state index contributed by atoms with van der Waals surface area (Å²) in [6.07, 6.45) is 5.48. The maximum atomic E-state index is 12.2. The second-order valence-electron chi connectivity index (χ2n) is 5.78. The SMILES string of the molecule is Cl.Cl.O=C(NCCN1CCNCC1)c1ccc(Cn2ccnc2)cc1. The summed E-state index contributed by atoms with van der Waals surface area (Å²) in [6, 6.07) is 7.75. The van der Waals surface area contributed by atoms with E-state index in [0.717, 1.165) is 44.8 Å². The molecule has 1 aromatic heterocycles. The van der Waals surface area contributed by atoms with Crippen LogP contribution < -0.4 is 10.6 Å². The molecular formula is C17H25Cl2N5O. The monoisotopic (exact) mass is 385 g/mol. The molecule has 0 saturated carbocycles. The van der Waals surface area contributed by atoms with Crippen molar-refractivity contribution in [2.24, 2.45) is 0 Å². The number of carbonyl (C=O) groups is 1. The van der Waals surface area contributed by atoms with E-state index in [-0.39, 0.29) is 30.7 Å². The lowest BCUT2D eigenvalue weighted by Gasteiger charge is -2.27. The molecule has 1 aliphatic rings. The topological polar surface area (TPSA) is 62.2 Å². The fourth-order valence-electron chi connectivity index (χ4n) is 2.72. The number of amides is 1. The van der Waals surface area contributed by atoms with E-state index >= 15 is 0 Å². The van der Waals surface area contributed by atoms with E-state index in [1.165, 1.54) is 0 Å². The van der Waals surface area contributed by atoms with Crippen LogP contribution in [0.3, 0.4) is 0 Å². The van der Waals surface area contributed by atoms with Crippen molar-refractivity contribution in [1.29, 1.82) is 0 Å². The van der Waals surface area contributed by atoms with Gasteiger partial charge >= 0.3 is 0 Å². The van der Waals surface area contributed by atoms with Gasteiger partial charge in [0, 0.05) is 63.8 Å². The molecule has 0 unspecified atom stereocenters. The highest BCUT2D eigenvalue weighted by molar-refractivity contribution is 5.94. The highest BCUT2D eigenvalue weighted by Gasteiger charge is 2.10. The molecule has 1 fully saturated rings. The van der Waals surface area contributed by atoms with Crippen molar-refractivity contribution in [3.8, 4) is 0 Å². The number of hydrogen-bond acceptors (Lipinski definition) is 4. The van der Waals surface area contributed by atoms with Crippen molar-refractivity contribution in [2.45, 2.75) is 6.54 Å². The molecule has 1 amide bonds. The lowest BCUT2D eigenvalue weighted by atomic mass is 10.1. The number of piperazine rings is 1. The minimum atomic E-state index is -0.00526. The Hall–Kier alpha value is -1.60. The molecular weight excluding hydrogens is 361 g/mol. The van der Waals surface area contributed by atoms with Gasteiger partial charge in [0.05, 0.1) is 6.33 Å². The molecule has 2 heterocycles. The number of halogens is 2. The summed E-state index contributed by atoms with van der Waals surface area (Å²) in [5.41, 5.74) is 1.86. The Labute approximate surface area is 160 Å². The van der Waals surface area contributed by atoms with Crippen molar-refractivity contribution >= 4 is 30.7 Å². The Balaban J connectivity index is 0.00000156. The summed E-state index contributed by atoms with van der Waals surface area (Å²) in [7, 11) is 0. The molecule has 3 rings (SSSR count). The Morgan fingerprint density at radius 1 is 1.16 bits per heavy atom. The predicted octanol–water partition coefficient (Wildman–Crippen LogP) is 1.41. The number of aromatic nitrogens is 2. The third-order valence-corrected chi connectivity index (χ3v) is 4.06. The minimum absolute atomic E-state index is 0. The number of hydrogen-bond donors (Lipinski definition) is 2. The van der Waals surface area contributed by atoms with Crippen LogP contribution in [-0.2, 0) is 6.54 Å². The highest BCUT2D eigenvalue weighted by atomic mass is 35.5. The molecule has 6 nitrogen and oxygen atoms in total. The van der Waals surface area contributed by atoms with Crippen LogP contribution in [-0.4, -0.2) is 59.6 Å². The van der Waals surface area contributed by atoms with Gasteiger partial charge in [-0.25, -0.2) is 4.98 Å². The maximum Gasteiger partial charge on any atom is 0.251 e. The smallest absolute Gasteiger partial charge is 0.251 e. The van der Waals surface area contributed by atoms with Crippen molar-refractivity contribution in [3.63, 3.8) is 0 Å². The molecule has 0 atom stereocenters. The van der Waals surface area contributed by atoms with Gasteiger partial charge in [-0.05, 0) is 17.7 Å². The summed E-state index contributed by atoms with van der Waals surface area (Å²) in [5.74, 6) is -0.00526. The van der Waals surface area contributed by atoms with E-state index in [9.17, 15) is 4.79 Å². The molecule has 138 valence electrons. The lowest BCUT2D eigenvalue weighted by Crippen LogP contribution is -2.46. The van der Waals surface area contributed by atoms with Gasteiger partial charge in [-0.15, -0.1) is 24.8 Å². The largest absolute Gasteiger partial charge is 0.351 e.